The molecule has 0 heterocycles. The second-order valence-corrected chi connectivity index (χ2v) is 9.23. The molecule has 1 unspecified atom stereocenters. The van der Waals surface area contributed by atoms with E-state index in [1.54, 1.807) is 48.5 Å². The van der Waals surface area contributed by atoms with Crippen molar-refractivity contribution in [2.75, 3.05) is 0 Å². The van der Waals surface area contributed by atoms with Gasteiger partial charge in [-0.15, -0.1) is 0 Å². The predicted octanol–water partition coefficient (Wildman–Crippen LogP) is 8.36. The molecule has 184 valence electrons. The van der Waals surface area contributed by atoms with E-state index in [0.717, 1.165) is 31.3 Å². The average Bonchev–Trinajstić information content (AvgIpc) is 2.91. The van der Waals surface area contributed by atoms with E-state index in [1.165, 1.54) is 0 Å². The minimum absolute atomic E-state index is 0.131. The molecule has 0 aromatic heterocycles. The van der Waals surface area contributed by atoms with Crippen LogP contribution in [0.25, 0.3) is 27.8 Å². The number of aryl methyl sites for hydroxylation is 1. The molecule has 1 atom stereocenters. The number of hydrogen-bond acceptors (Lipinski definition) is 0. The molecule has 0 amide bonds. The topological polar surface area (TPSA) is 0 Å². The molecule has 0 bridgehead atoms. The van der Waals surface area contributed by atoms with Crippen LogP contribution < -0.4 is 0 Å². The Kier molecular flexibility index (Phi) is 8.40. The summed E-state index contributed by atoms with van der Waals surface area (Å²) < 4.78 is 59.5. The van der Waals surface area contributed by atoms with Crippen molar-refractivity contribution in [2.45, 2.75) is 45.4 Å². The molecule has 0 N–H and O–H groups in total. The van der Waals surface area contributed by atoms with Crippen LogP contribution >= 0.6 is 0 Å². The summed E-state index contributed by atoms with van der Waals surface area (Å²) in [5.74, 6) is -1.23. The van der Waals surface area contributed by atoms with E-state index in [1.807, 2.05) is 31.1 Å². The van der Waals surface area contributed by atoms with Crippen molar-refractivity contribution in [1.82, 2.24) is 0 Å². The van der Waals surface area contributed by atoms with E-state index in [-0.39, 0.29) is 11.1 Å². The molecule has 0 spiro atoms. The third kappa shape index (κ3) is 5.45. The van der Waals surface area contributed by atoms with Crippen LogP contribution in [-0.2, 0) is 6.42 Å². The molecule has 0 radical (unpaired) electrons. The van der Waals surface area contributed by atoms with Crippen LogP contribution in [0.15, 0.2) is 66.8 Å². The summed E-state index contributed by atoms with van der Waals surface area (Å²) in [5.41, 5.74) is 2.66. The van der Waals surface area contributed by atoms with Crippen LogP contribution in [0.2, 0.25) is 0 Å². The van der Waals surface area contributed by atoms with Crippen molar-refractivity contribution in [3.05, 3.63) is 101 Å². The number of benzene rings is 3. The fourth-order valence-corrected chi connectivity index (χ4v) is 4.75. The summed E-state index contributed by atoms with van der Waals surface area (Å²) in [5, 5.41) is 0. The fourth-order valence-electron chi connectivity index (χ4n) is 4.75. The summed E-state index contributed by atoms with van der Waals surface area (Å²) in [6.45, 7) is 1.92. The number of halogens is 4. The molecular formula is C31H29BF4. The van der Waals surface area contributed by atoms with Gasteiger partial charge in [-0.25, -0.2) is 8.78 Å². The van der Waals surface area contributed by atoms with Crippen LogP contribution in [-0.4, -0.2) is 13.5 Å². The minimum atomic E-state index is -0.911. The fraction of sp³-hybridized carbons (Fsp3) is 0.258. The van der Waals surface area contributed by atoms with Crippen molar-refractivity contribution in [3.63, 3.8) is 0 Å². The summed E-state index contributed by atoms with van der Waals surface area (Å²) in [6, 6.07) is 12.8. The summed E-state index contributed by atoms with van der Waals surface area (Å²) in [4.78, 5) is 0. The molecule has 0 saturated carbocycles. The summed E-state index contributed by atoms with van der Waals surface area (Å²) >= 11 is 0. The Morgan fingerprint density at radius 2 is 1.39 bits per heavy atom. The van der Waals surface area contributed by atoms with Gasteiger partial charge in [-0.2, -0.15) is 0 Å². The first-order valence-corrected chi connectivity index (χ1v) is 12.4. The van der Waals surface area contributed by atoms with Crippen molar-refractivity contribution in [1.29, 1.82) is 0 Å². The molecule has 3 aromatic carbocycles. The third-order valence-electron chi connectivity index (χ3n) is 6.93. The molecule has 0 nitrogen and oxygen atoms in total. The zero-order valence-electron chi connectivity index (χ0n) is 20.5. The van der Waals surface area contributed by atoms with Crippen LogP contribution in [0.4, 0.5) is 17.6 Å². The molecule has 4 rings (SSSR count). The number of unbranched alkanes of at least 4 members (excludes halogenated alkanes) is 1. The van der Waals surface area contributed by atoms with Crippen molar-refractivity contribution in [2.24, 2.45) is 5.92 Å². The van der Waals surface area contributed by atoms with Gasteiger partial charge in [0.15, 0.2) is 11.6 Å². The monoisotopic (exact) mass is 488 g/mol. The molecule has 0 saturated heterocycles. The van der Waals surface area contributed by atoms with Crippen molar-refractivity contribution < 1.29 is 17.6 Å². The molecule has 3 aromatic rings. The van der Waals surface area contributed by atoms with Gasteiger partial charge in [0.05, 0.1) is 0 Å². The van der Waals surface area contributed by atoms with Gasteiger partial charge >= 0.3 is 124 Å². The van der Waals surface area contributed by atoms with E-state index >= 15 is 4.39 Å². The zero-order valence-corrected chi connectivity index (χ0v) is 20.5. The maximum absolute atomic E-state index is 15.0. The average molecular weight is 488 g/mol. The molecule has 5 heteroatoms. The number of rotatable bonds is 8. The van der Waals surface area contributed by atoms with Gasteiger partial charge in [0, 0.05) is 5.56 Å². The Morgan fingerprint density at radius 1 is 0.806 bits per heavy atom. The normalized spacial score (nSPS) is 15.8. The molecule has 0 aliphatic heterocycles. The Bertz CT molecular complexity index is 1310. The first kappa shape index (κ1) is 25.9. The van der Waals surface area contributed by atoms with Crippen molar-refractivity contribution >= 4 is 19.0 Å². The molecule has 0 fully saturated rings. The van der Waals surface area contributed by atoms with Gasteiger partial charge in [0.25, 0.3) is 0 Å². The van der Waals surface area contributed by atoms with Crippen LogP contribution in [0.3, 0.4) is 0 Å². The van der Waals surface area contributed by atoms with Gasteiger partial charge in [0.1, 0.15) is 0 Å². The predicted molar refractivity (Wildman–Crippen MR) is 143 cm³/mol. The Morgan fingerprint density at radius 3 is 1.97 bits per heavy atom. The van der Waals surface area contributed by atoms with Gasteiger partial charge in [0.2, 0.25) is 0 Å². The van der Waals surface area contributed by atoms with E-state index in [4.69, 9.17) is 0 Å². The number of hydrogen-bond donors (Lipinski definition) is 0. The van der Waals surface area contributed by atoms with Gasteiger partial charge in [-0.1, -0.05) is 24.3 Å². The molecule has 36 heavy (non-hydrogen) atoms. The van der Waals surface area contributed by atoms with E-state index < -0.39 is 23.3 Å². The van der Waals surface area contributed by atoms with E-state index in [2.05, 4.69) is 7.49 Å². The van der Waals surface area contributed by atoms with Gasteiger partial charge in [-0.05, 0) is 37.3 Å². The Labute approximate surface area is 211 Å². The standard InChI is InChI=1S/C31H29BF4/c1-2-3-4-5-6-24-15-16-25(29(34)28(24)33)22-11-13-23(14-12-22)27-18-17-26(30(35)31(27)36)21-9-7-20(19-32)8-10-21/h2-3,9,11-20,32H,4-8,10H2,1H3/b3-2-. The third-order valence-corrected chi connectivity index (χ3v) is 6.93. The summed E-state index contributed by atoms with van der Waals surface area (Å²) in [7, 11) is 3.81. The van der Waals surface area contributed by atoms with E-state index in [0.29, 0.717) is 41.0 Å². The first-order chi connectivity index (χ1) is 17.4. The molecule has 1 aliphatic carbocycles. The van der Waals surface area contributed by atoms with Crippen LogP contribution in [0.5, 0.6) is 0 Å². The second kappa shape index (κ2) is 11.7. The molecular weight excluding hydrogens is 459 g/mol. The van der Waals surface area contributed by atoms with Gasteiger partial charge in [-0.3, -0.25) is 0 Å². The Hall–Kier alpha value is -3.21. The molecule has 1 aliphatic rings. The van der Waals surface area contributed by atoms with Crippen molar-refractivity contribution in [3.8, 4) is 22.3 Å². The number of allylic oxidation sites excluding steroid dienone is 4. The summed E-state index contributed by atoms with van der Waals surface area (Å²) in [6.07, 6.45) is 10.2. The van der Waals surface area contributed by atoms with Crippen LogP contribution in [0, 0.1) is 29.2 Å². The zero-order chi connectivity index (χ0) is 25.7. The van der Waals surface area contributed by atoms with Gasteiger partial charge < -0.3 is 0 Å². The second-order valence-electron chi connectivity index (χ2n) is 9.23. The quantitative estimate of drug-likeness (QED) is 0.129. The SMILES string of the molecule is B=CC1CC=C(c2ccc(-c3ccc(-c4ccc(CCC/C=C\C)c(F)c4F)cc3)c(F)c2F)CC1. The van der Waals surface area contributed by atoms with Crippen LogP contribution in [0.1, 0.15) is 50.2 Å². The Balaban J connectivity index is 1.56. The first-order valence-electron chi connectivity index (χ1n) is 12.4. The van der Waals surface area contributed by atoms with E-state index in [9.17, 15) is 13.2 Å². The maximum atomic E-state index is 15.0.